The summed E-state index contributed by atoms with van der Waals surface area (Å²) in [5.41, 5.74) is 3.64. The summed E-state index contributed by atoms with van der Waals surface area (Å²) in [5.74, 6) is -0.110. The van der Waals surface area contributed by atoms with Gasteiger partial charge in [-0.3, -0.25) is 0 Å². The lowest BCUT2D eigenvalue weighted by atomic mass is 10.1. The zero-order chi connectivity index (χ0) is 11.7. The van der Waals surface area contributed by atoms with Crippen molar-refractivity contribution >= 4 is 11.7 Å². The summed E-state index contributed by atoms with van der Waals surface area (Å²) in [6.07, 6.45) is 0. The number of carbonyl (C=O) groups is 1. The zero-order valence-corrected chi connectivity index (χ0v) is 9.99. The maximum absolute atomic E-state index is 11.5. The Morgan fingerprint density at radius 2 is 2.19 bits per heavy atom. The second-order valence-electron chi connectivity index (χ2n) is 4.19. The number of ether oxygens (including phenoxy) is 1. The Morgan fingerprint density at radius 1 is 1.44 bits per heavy atom. The van der Waals surface area contributed by atoms with Crippen LogP contribution in [-0.4, -0.2) is 25.2 Å². The summed E-state index contributed by atoms with van der Waals surface area (Å²) in [6, 6.07) is 6.20. The van der Waals surface area contributed by atoms with Gasteiger partial charge in [0.1, 0.15) is 6.04 Å². The van der Waals surface area contributed by atoms with Gasteiger partial charge in [0.2, 0.25) is 0 Å². The molecular weight excluding hydrogens is 202 g/mol. The molecule has 0 N–H and O–H groups in total. The Kier molecular flexibility index (Phi) is 2.86. The summed E-state index contributed by atoms with van der Waals surface area (Å²) in [7, 11) is 0. The van der Waals surface area contributed by atoms with Crippen LogP contribution in [0.25, 0.3) is 0 Å². The molecule has 1 saturated heterocycles. The third kappa shape index (κ3) is 2.03. The van der Waals surface area contributed by atoms with E-state index in [1.54, 1.807) is 0 Å². The smallest absolute Gasteiger partial charge is 0.330 e. The maximum Gasteiger partial charge on any atom is 0.330 e. The van der Waals surface area contributed by atoms with Crippen LogP contribution in [0.2, 0.25) is 0 Å². The van der Waals surface area contributed by atoms with Crippen molar-refractivity contribution in [1.82, 2.24) is 0 Å². The summed E-state index contributed by atoms with van der Waals surface area (Å²) < 4.78 is 4.99. The van der Waals surface area contributed by atoms with Gasteiger partial charge in [0.05, 0.1) is 13.2 Å². The van der Waals surface area contributed by atoms with Crippen LogP contribution in [0.5, 0.6) is 0 Å². The number of anilines is 1. The standard InChI is InChI=1S/C13H17NO2/c1-4-16-13(15)12-8-14(12)11-6-5-9(2)10(3)7-11/h5-7,12H,4,8H2,1-3H3. The number of hydrogen-bond donors (Lipinski definition) is 0. The van der Waals surface area contributed by atoms with Crippen molar-refractivity contribution < 1.29 is 9.53 Å². The SMILES string of the molecule is CCOC(=O)C1CN1c1ccc(C)c(C)c1. The fraction of sp³-hybridized carbons (Fsp3) is 0.462. The van der Waals surface area contributed by atoms with Gasteiger partial charge in [-0.2, -0.15) is 0 Å². The fourth-order valence-electron chi connectivity index (χ4n) is 1.77. The molecule has 0 amide bonds. The monoisotopic (exact) mass is 219 g/mol. The van der Waals surface area contributed by atoms with Crippen LogP contribution in [0.1, 0.15) is 18.1 Å². The van der Waals surface area contributed by atoms with Crippen molar-refractivity contribution in [2.45, 2.75) is 26.8 Å². The Hall–Kier alpha value is -1.51. The van der Waals surface area contributed by atoms with Gasteiger partial charge < -0.3 is 9.64 Å². The highest BCUT2D eigenvalue weighted by Crippen LogP contribution is 2.29. The minimum Gasteiger partial charge on any atom is -0.464 e. The Bertz CT molecular complexity index is 414. The highest BCUT2D eigenvalue weighted by atomic mass is 16.5. The van der Waals surface area contributed by atoms with Gasteiger partial charge in [-0.05, 0) is 44.0 Å². The molecule has 1 aliphatic heterocycles. The van der Waals surface area contributed by atoms with Gasteiger partial charge in [-0.15, -0.1) is 0 Å². The van der Waals surface area contributed by atoms with E-state index in [0.29, 0.717) is 6.61 Å². The molecule has 86 valence electrons. The molecule has 1 aromatic carbocycles. The Morgan fingerprint density at radius 3 is 2.81 bits per heavy atom. The van der Waals surface area contributed by atoms with E-state index >= 15 is 0 Å². The first-order chi connectivity index (χ1) is 7.63. The molecule has 0 spiro atoms. The first-order valence-electron chi connectivity index (χ1n) is 5.64. The molecule has 16 heavy (non-hydrogen) atoms. The lowest BCUT2D eigenvalue weighted by Gasteiger charge is -2.08. The molecule has 1 unspecified atom stereocenters. The van der Waals surface area contributed by atoms with Crippen LogP contribution >= 0.6 is 0 Å². The van der Waals surface area contributed by atoms with E-state index in [1.807, 2.05) is 6.92 Å². The molecule has 0 saturated carbocycles. The zero-order valence-electron chi connectivity index (χ0n) is 9.99. The molecule has 0 aliphatic carbocycles. The molecule has 0 bridgehead atoms. The third-order valence-corrected chi connectivity index (χ3v) is 2.99. The second-order valence-corrected chi connectivity index (χ2v) is 4.19. The second kappa shape index (κ2) is 4.16. The average Bonchev–Trinajstić information content (AvgIpc) is 3.02. The minimum atomic E-state index is -0.110. The van der Waals surface area contributed by atoms with Gasteiger partial charge in [-0.25, -0.2) is 4.79 Å². The van der Waals surface area contributed by atoms with E-state index < -0.39 is 0 Å². The topological polar surface area (TPSA) is 29.3 Å². The number of nitrogens with zero attached hydrogens (tertiary/aromatic N) is 1. The van der Waals surface area contributed by atoms with E-state index in [9.17, 15) is 4.79 Å². The number of hydrogen-bond acceptors (Lipinski definition) is 3. The molecule has 1 fully saturated rings. The van der Waals surface area contributed by atoms with Crippen LogP contribution in [0.15, 0.2) is 18.2 Å². The van der Waals surface area contributed by atoms with Crippen molar-refractivity contribution in [1.29, 1.82) is 0 Å². The highest BCUT2D eigenvalue weighted by Gasteiger charge is 2.41. The number of aryl methyl sites for hydroxylation is 2. The highest BCUT2D eigenvalue weighted by molar-refractivity contribution is 5.86. The van der Waals surface area contributed by atoms with Gasteiger partial charge in [0, 0.05) is 5.69 Å². The number of rotatable bonds is 3. The van der Waals surface area contributed by atoms with Crippen molar-refractivity contribution in [3.8, 4) is 0 Å². The predicted molar refractivity (Wildman–Crippen MR) is 63.7 cm³/mol. The molecule has 3 heteroatoms. The van der Waals surface area contributed by atoms with E-state index in [1.165, 1.54) is 11.1 Å². The maximum atomic E-state index is 11.5. The summed E-state index contributed by atoms with van der Waals surface area (Å²) in [4.78, 5) is 13.5. The number of esters is 1. The predicted octanol–water partition coefficient (Wildman–Crippen LogP) is 2.06. The van der Waals surface area contributed by atoms with Crippen LogP contribution in [0.3, 0.4) is 0 Å². The van der Waals surface area contributed by atoms with Gasteiger partial charge in [-0.1, -0.05) is 6.07 Å². The molecule has 1 atom stereocenters. The quantitative estimate of drug-likeness (QED) is 0.575. The van der Waals surface area contributed by atoms with Gasteiger partial charge >= 0.3 is 5.97 Å². The fourth-order valence-corrected chi connectivity index (χ4v) is 1.77. The Labute approximate surface area is 96.0 Å². The van der Waals surface area contributed by atoms with Crippen molar-refractivity contribution in [2.24, 2.45) is 0 Å². The van der Waals surface area contributed by atoms with E-state index in [4.69, 9.17) is 4.74 Å². The van der Waals surface area contributed by atoms with Crippen LogP contribution in [-0.2, 0) is 9.53 Å². The largest absolute Gasteiger partial charge is 0.464 e. The molecule has 0 radical (unpaired) electrons. The molecular formula is C13H17NO2. The molecule has 0 aromatic heterocycles. The average molecular weight is 219 g/mol. The van der Waals surface area contributed by atoms with Crippen LogP contribution in [0.4, 0.5) is 5.69 Å². The van der Waals surface area contributed by atoms with Crippen LogP contribution < -0.4 is 4.90 Å². The van der Waals surface area contributed by atoms with Gasteiger partial charge in [0.15, 0.2) is 0 Å². The van der Waals surface area contributed by atoms with E-state index in [-0.39, 0.29) is 12.0 Å². The number of carbonyl (C=O) groups excluding carboxylic acids is 1. The Balaban J connectivity index is 2.06. The number of benzene rings is 1. The van der Waals surface area contributed by atoms with Crippen molar-refractivity contribution in [3.05, 3.63) is 29.3 Å². The lowest BCUT2D eigenvalue weighted by molar-refractivity contribution is -0.142. The normalized spacial score (nSPS) is 18.4. The third-order valence-electron chi connectivity index (χ3n) is 2.99. The lowest BCUT2D eigenvalue weighted by Crippen LogP contribution is -2.15. The summed E-state index contributed by atoms with van der Waals surface area (Å²) in [5, 5.41) is 0. The van der Waals surface area contributed by atoms with E-state index in [0.717, 1.165) is 12.2 Å². The first kappa shape index (κ1) is 11.0. The molecule has 3 nitrogen and oxygen atoms in total. The molecule has 1 aromatic rings. The molecule has 2 rings (SSSR count). The molecule has 1 heterocycles. The van der Waals surface area contributed by atoms with Crippen molar-refractivity contribution in [2.75, 3.05) is 18.1 Å². The first-order valence-corrected chi connectivity index (χ1v) is 5.64. The molecule has 1 aliphatic rings. The minimum absolute atomic E-state index is 0.0675. The van der Waals surface area contributed by atoms with Crippen LogP contribution in [0, 0.1) is 13.8 Å². The van der Waals surface area contributed by atoms with E-state index in [2.05, 4.69) is 36.9 Å². The van der Waals surface area contributed by atoms with Gasteiger partial charge in [0.25, 0.3) is 0 Å². The van der Waals surface area contributed by atoms with Crippen molar-refractivity contribution in [3.63, 3.8) is 0 Å². The summed E-state index contributed by atoms with van der Waals surface area (Å²) in [6.45, 7) is 7.24. The summed E-state index contributed by atoms with van der Waals surface area (Å²) >= 11 is 0.